The fourth-order valence-corrected chi connectivity index (χ4v) is 3.62. The number of nitrogens with two attached hydrogens (primary N) is 1. The van der Waals surface area contributed by atoms with Crippen molar-refractivity contribution in [2.24, 2.45) is 5.14 Å². The molecule has 1 aliphatic rings. The first-order valence-corrected chi connectivity index (χ1v) is 10.9. The number of carbonyl (C=O) groups is 1. The first-order valence-electron chi connectivity index (χ1n) is 9.38. The number of benzene rings is 2. The second-order valence-electron chi connectivity index (χ2n) is 6.82. The number of aromatic nitrogens is 2. The summed E-state index contributed by atoms with van der Waals surface area (Å²) in [5.41, 5.74) is 1.08. The maximum atomic E-state index is 14.4. The third-order valence-corrected chi connectivity index (χ3v) is 5.47. The predicted molar refractivity (Wildman–Crippen MR) is 116 cm³/mol. The number of primary sulfonamides is 1. The molecular weight excluding hydrogens is 453 g/mol. The average molecular weight is 469 g/mol. The minimum atomic E-state index is -3.90. The number of hydrogen-bond acceptors (Lipinski definition) is 9. The van der Waals surface area contributed by atoms with E-state index in [9.17, 15) is 17.6 Å². The first-order chi connectivity index (χ1) is 15.7. The van der Waals surface area contributed by atoms with Crippen LogP contribution in [0.1, 0.15) is 0 Å². The molecule has 0 aliphatic carbocycles. The van der Waals surface area contributed by atoms with E-state index in [1.165, 1.54) is 29.2 Å². The number of fused-ring (bicyclic) bond motifs is 1. The summed E-state index contributed by atoms with van der Waals surface area (Å²) in [7, 11) is -3.90. The minimum absolute atomic E-state index is 0.00644. The van der Waals surface area contributed by atoms with Gasteiger partial charge in [0.15, 0.2) is 18.2 Å². The second kappa shape index (κ2) is 8.69. The van der Waals surface area contributed by atoms with E-state index in [0.717, 1.165) is 6.20 Å². The van der Waals surface area contributed by atoms with E-state index in [-0.39, 0.29) is 35.7 Å². The Kier molecular flexibility index (Phi) is 5.78. The van der Waals surface area contributed by atoms with Crippen molar-refractivity contribution in [3.63, 3.8) is 0 Å². The van der Waals surface area contributed by atoms with Crippen molar-refractivity contribution in [2.75, 3.05) is 28.7 Å². The molecule has 0 saturated heterocycles. The van der Waals surface area contributed by atoms with Crippen molar-refractivity contribution in [2.45, 2.75) is 4.90 Å². The lowest BCUT2D eigenvalue weighted by atomic mass is 10.2. The molecule has 4 rings (SSSR count). The smallest absolute Gasteiger partial charge is 0.265 e. The van der Waals surface area contributed by atoms with Crippen LogP contribution < -0.4 is 25.4 Å². The fourth-order valence-electron chi connectivity index (χ4n) is 3.06. The Morgan fingerprint density at radius 1 is 1.21 bits per heavy atom. The topological polar surface area (TPSA) is 163 Å². The van der Waals surface area contributed by atoms with Crippen LogP contribution in [0, 0.1) is 17.1 Å². The fraction of sp³-hybridized carbons (Fsp3) is 0.100. The highest BCUT2D eigenvalue weighted by atomic mass is 32.2. The molecule has 3 aromatic rings. The van der Waals surface area contributed by atoms with Gasteiger partial charge in [-0.3, -0.25) is 9.69 Å². The number of nitrogens with one attached hydrogen (secondary N) is 2. The van der Waals surface area contributed by atoms with E-state index >= 15 is 0 Å². The molecule has 0 fully saturated rings. The van der Waals surface area contributed by atoms with Gasteiger partial charge in [0.25, 0.3) is 5.91 Å². The Hall–Kier alpha value is -4.28. The summed E-state index contributed by atoms with van der Waals surface area (Å²) in [5.74, 6) is -0.894. The van der Waals surface area contributed by atoms with Gasteiger partial charge in [-0.15, -0.1) is 0 Å². The van der Waals surface area contributed by atoms with E-state index in [1.54, 1.807) is 18.2 Å². The van der Waals surface area contributed by atoms with Gasteiger partial charge in [-0.05, 0) is 36.4 Å². The number of ether oxygens (including phenoxy) is 1. The van der Waals surface area contributed by atoms with Crippen LogP contribution in [0.3, 0.4) is 0 Å². The normalized spacial score (nSPS) is 13.0. The molecule has 11 nitrogen and oxygen atoms in total. The Morgan fingerprint density at radius 2 is 2.00 bits per heavy atom. The van der Waals surface area contributed by atoms with Gasteiger partial charge in [0, 0.05) is 11.4 Å². The third kappa shape index (κ3) is 4.81. The summed E-state index contributed by atoms with van der Waals surface area (Å²) in [6, 6.07) is 12.3. The number of amides is 1. The number of sulfonamides is 1. The van der Waals surface area contributed by atoms with Crippen molar-refractivity contribution in [3.8, 4) is 11.8 Å². The molecule has 0 unspecified atom stereocenters. The van der Waals surface area contributed by atoms with Crippen LogP contribution in [-0.2, 0) is 14.8 Å². The molecule has 168 valence electrons. The maximum absolute atomic E-state index is 14.4. The van der Waals surface area contributed by atoms with Crippen LogP contribution in [0.2, 0.25) is 0 Å². The maximum Gasteiger partial charge on any atom is 0.265 e. The van der Waals surface area contributed by atoms with Crippen LogP contribution in [0.15, 0.2) is 53.6 Å². The lowest BCUT2D eigenvalue weighted by molar-refractivity contribution is -0.121. The highest BCUT2D eigenvalue weighted by Crippen LogP contribution is 2.35. The third-order valence-electron chi connectivity index (χ3n) is 4.56. The van der Waals surface area contributed by atoms with Gasteiger partial charge in [0.2, 0.25) is 16.0 Å². The first kappa shape index (κ1) is 21.9. The molecule has 0 spiro atoms. The zero-order chi connectivity index (χ0) is 23.6. The number of rotatable bonds is 6. The molecule has 2 aromatic carbocycles. The Bertz CT molecular complexity index is 1390. The van der Waals surface area contributed by atoms with Gasteiger partial charge in [0.1, 0.15) is 12.3 Å². The van der Waals surface area contributed by atoms with Crippen molar-refractivity contribution in [3.05, 3.63) is 54.5 Å². The number of carbonyl (C=O) groups excluding carboxylic acids is 1. The Labute approximate surface area is 187 Å². The van der Waals surface area contributed by atoms with E-state index in [2.05, 4.69) is 20.6 Å². The van der Waals surface area contributed by atoms with Gasteiger partial charge in [0.05, 0.1) is 22.8 Å². The molecule has 0 atom stereocenters. The van der Waals surface area contributed by atoms with Gasteiger partial charge < -0.3 is 15.4 Å². The van der Waals surface area contributed by atoms with E-state index in [4.69, 9.17) is 15.1 Å². The van der Waals surface area contributed by atoms with Gasteiger partial charge in [-0.1, -0.05) is 6.07 Å². The lowest BCUT2D eigenvalue weighted by Crippen LogP contribution is -2.39. The molecule has 1 amide bonds. The molecule has 2 heterocycles. The number of hydrogen-bond donors (Lipinski definition) is 3. The van der Waals surface area contributed by atoms with Crippen LogP contribution in [0.4, 0.5) is 33.2 Å². The molecular formula is C20H16FN7O4S. The standard InChI is InChI=1S/C20H16FN7O4S/c21-15-10-24-20(26-12-2-1-3-14(8-12)33(23,30)31)27-19(15)25-13-4-5-17-16(9-13)28(7-6-22)18(29)11-32-17/h1-5,8-10H,7,11H2,(H2,23,30,31)(H2,24,25,26,27). The number of halogens is 1. The van der Waals surface area contributed by atoms with E-state index in [1.807, 2.05) is 6.07 Å². The molecule has 1 aromatic heterocycles. The summed E-state index contributed by atoms with van der Waals surface area (Å²) in [6.07, 6.45) is 0.939. The largest absolute Gasteiger partial charge is 0.482 e. The average Bonchev–Trinajstić information content (AvgIpc) is 2.78. The second-order valence-corrected chi connectivity index (χ2v) is 8.38. The van der Waals surface area contributed by atoms with Crippen LogP contribution >= 0.6 is 0 Å². The highest BCUT2D eigenvalue weighted by Gasteiger charge is 2.25. The predicted octanol–water partition coefficient (Wildman–Crippen LogP) is 2.00. The van der Waals surface area contributed by atoms with Crippen LogP contribution in [0.5, 0.6) is 5.75 Å². The van der Waals surface area contributed by atoms with Gasteiger partial charge in [-0.25, -0.2) is 22.9 Å². The van der Waals surface area contributed by atoms with Crippen molar-refractivity contribution >= 4 is 44.8 Å². The summed E-state index contributed by atoms with van der Waals surface area (Å²) >= 11 is 0. The molecule has 33 heavy (non-hydrogen) atoms. The summed E-state index contributed by atoms with van der Waals surface area (Å²) in [6.45, 7) is -0.337. The number of anilines is 5. The monoisotopic (exact) mass is 469 g/mol. The molecule has 0 saturated carbocycles. The van der Waals surface area contributed by atoms with Crippen LogP contribution in [0.25, 0.3) is 0 Å². The Morgan fingerprint density at radius 3 is 2.76 bits per heavy atom. The van der Waals surface area contributed by atoms with Gasteiger partial charge in [-0.2, -0.15) is 10.2 Å². The minimum Gasteiger partial charge on any atom is -0.482 e. The summed E-state index contributed by atoms with van der Waals surface area (Å²) < 4.78 is 42.8. The molecule has 0 radical (unpaired) electrons. The van der Waals surface area contributed by atoms with E-state index < -0.39 is 15.8 Å². The zero-order valence-electron chi connectivity index (χ0n) is 16.8. The quantitative estimate of drug-likeness (QED) is 0.458. The molecule has 4 N–H and O–H groups in total. The summed E-state index contributed by atoms with van der Waals surface area (Å²) in [5, 5.41) is 19.7. The number of nitrogens with zero attached hydrogens (tertiary/aromatic N) is 4. The van der Waals surface area contributed by atoms with E-state index in [0.29, 0.717) is 22.8 Å². The highest BCUT2D eigenvalue weighted by molar-refractivity contribution is 7.89. The van der Waals surface area contributed by atoms with Crippen molar-refractivity contribution < 1.29 is 22.3 Å². The molecule has 1 aliphatic heterocycles. The molecule has 0 bridgehead atoms. The summed E-state index contributed by atoms with van der Waals surface area (Å²) in [4.78, 5) is 21.2. The lowest BCUT2D eigenvalue weighted by Gasteiger charge is -2.27. The van der Waals surface area contributed by atoms with Crippen molar-refractivity contribution in [1.29, 1.82) is 5.26 Å². The van der Waals surface area contributed by atoms with Crippen molar-refractivity contribution in [1.82, 2.24) is 9.97 Å². The van der Waals surface area contributed by atoms with Crippen LogP contribution in [-0.4, -0.2) is 37.4 Å². The SMILES string of the molecule is N#CCN1C(=O)COc2ccc(Nc3nc(Nc4cccc(S(N)(=O)=O)c4)ncc3F)cc21. The Balaban J connectivity index is 1.60. The number of nitriles is 1. The van der Waals surface area contributed by atoms with Gasteiger partial charge >= 0.3 is 0 Å². The molecule has 13 heteroatoms. The zero-order valence-corrected chi connectivity index (χ0v) is 17.6.